The van der Waals surface area contributed by atoms with Gasteiger partial charge in [-0.25, -0.2) is 9.78 Å². The van der Waals surface area contributed by atoms with Crippen molar-refractivity contribution in [2.45, 2.75) is 47.0 Å². The van der Waals surface area contributed by atoms with Crippen molar-refractivity contribution in [3.8, 4) is 0 Å². The number of pyridine rings is 1. The van der Waals surface area contributed by atoms with Gasteiger partial charge in [-0.05, 0) is 33.3 Å². The predicted molar refractivity (Wildman–Crippen MR) is 98.3 cm³/mol. The van der Waals surface area contributed by atoms with Crippen molar-refractivity contribution in [1.29, 1.82) is 0 Å². The van der Waals surface area contributed by atoms with E-state index in [1.165, 1.54) is 0 Å². The van der Waals surface area contributed by atoms with Crippen LogP contribution >= 0.6 is 11.6 Å². The molecule has 0 atom stereocenters. The van der Waals surface area contributed by atoms with Crippen molar-refractivity contribution in [1.82, 2.24) is 4.98 Å². The molecule has 1 aromatic heterocycles. The molecule has 6 nitrogen and oxygen atoms in total. The molecule has 0 aliphatic carbocycles. The van der Waals surface area contributed by atoms with E-state index in [0.717, 1.165) is 12.8 Å². The molecule has 7 heteroatoms. The average Bonchev–Trinajstić information content (AvgIpc) is 2.54. The van der Waals surface area contributed by atoms with Gasteiger partial charge in [-0.3, -0.25) is 4.79 Å². The minimum Gasteiger partial charge on any atom is -0.466 e. The van der Waals surface area contributed by atoms with Gasteiger partial charge < -0.3 is 14.4 Å². The molecule has 0 bridgehead atoms. The predicted octanol–water partition coefficient (Wildman–Crippen LogP) is 3.78. The quantitative estimate of drug-likeness (QED) is 0.461. The van der Waals surface area contributed by atoms with Gasteiger partial charge in [-0.2, -0.15) is 0 Å². The van der Waals surface area contributed by atoms with Crippen LogP contribution in [0.5, 0.6) is 0 Å². The Bertz CT molecular complexity index is 593. The van der Waals surface area contributed by atoms with E-state index in [0.29, 0.717) is 31.1 Å². The maximum atomic E-state index is 12.4. The van der Waals surface area contributed by atoms with Gasteiger partial charge in [0, 0.05) is 18.8 Å². The smallest absolute Gasteiger partial charge is 0.343 e. The molecule has 1 aromatic rings. The van der Waals surface area contributed by atoms with E-state index in [1.807, 2.05) is 11.8 Å². The number of carbonyl (C=O) groups excluding carboxylic acids is 2. The van der Waals surface area contributed by atoms with Crippen LogP contribution in [0.15, 0.2) is 6.07 Å². The van der Waals surface area contributed by atoms with E-state index in [-0.39, 0.29) is 29.7 Å². The Labute approximate surface area is 154 Å². The molecule has 0 unspecified atom stereocenters. The second-order valence-corrected chi connectivity index (χ2v) is 5.92. The van der Waals surface area contributed by atoms with Crippen LogP contribution in [0.4, 0.5) is 5.69 Å². The molecule has 0 amide bonds. The number of carbonyl (C=O) groups is 2. The fourth-order valence-electron chi connectivity index (χ4n) is 2.42. The highest BCUT2D eigenvalue weighted by molar-refractivity contribution is 6.33. The molecule has 1 heterocycles. The second-order valence-electron chi connectivity index (χ2n) is 5.56. The van der Waals surface area contributed by atoms with Crippen molar-refractivity contribution >= 4 is 29.2 Å². The number of halogens is 1. The number of rotatable bonds is 10. The van der Waals surface area contributed by atoms with Crippen LogP contribution in [-0.4, -0.2) is 43.2 Å². The second kappa shape index (κ2) is 10.9. The Morgan fingerprint density at radius 1 is 1.16 bits per heavy atom. The third kappa shape index (κ3) is 6.53. The zero-order chi connectivity index (χ0) is 18.8. The van der Waals surface area contributed by atoms with Crippen LogP contribution in [0.2, 0.25) is 5.15 Å². The zero-order valence-electron chi connectivity index (χ0n) is 15.4. The molecule has 0 aliphatic heterocycles. The first-order valence-electron chi connectivity index (χ1n) is 8.69. The summed E-state index contributed by atoms with van der Waals surface area (Å²) in [5.41, 5.74) is 1.59. The van der Waals surface area contributed by atoms with Gasteiger partial charge in [-0.1, -0.05) is 24.9 Å². The number of aryl methyl sites for hydroxylation is 1. The van der Waals surface area contributed by atoms with Gasteiger partial charge in [0.15, 0.2) is 0 Å². The van der Waals surface area contributed by atoms with Crippen LogP contribution in [0.3, 0.4) is 0 Å². The highest BCUT2D eigenvalue weighted by atomic mass is 35.5. The average molecular weight is 371 g/mol. The summed E-state index contributed by atoms with van der Waals surface area (Å²) in [5, 5.41) is 0.117. The molecule has 0 spiro atoms. The normalized spacial score (nSPS) is 10.4. The molecule has 0 radical (unpaired) electrons. The molecule has 0 N–H and O–H groups in total. The third-order valence-electron chi connectivity index (χ3n) is 3.58. The highest BCUT2D eigenvalue weighted by Gasteiger charge is 2.23. The Morgan fingerprint density at radius 3 is 2.44 bits per heavy atom. The van der Waals surface area contributed by atoms with E-state index in [9.17, 15) is 9.59 Å². The maximum absolute atomic E-state index is 12.4. The fraction of sp³-hybridized carbons (Fsp3) is 0.611. The highest BCUT2D eigenvalue weighted by Crippen LogP contribution is 2.29. The molecule has 0 aliphatic rings. The largest absolute Gasteiger partial charge is 0.466 e. The topological polar surface area (TPSA) is 68.7 Å². The standard InChI is InChI=1S/C18H27ClN2O4/c1-5-8-10-21(11-9-15(22)24-6-2)14-12-13(4)20-17(19)16(14)18(23)25-7-3/h12H,5-11H2,1-4H3. The molecule has 140 valence electrons. The number of hydrogen-bond donors (Lipinski definition) is 0. The van der Waals surface area contributed by atoms with Crippen molar-refractivity contribution in [2.75, 3.05) is 31.2 Å². The van der Waals surface area contributed by atoms with E-state index in [4.69, 9.17) is 21.1 Å². The zero-order valence-corrected chi connectivity index (χ0v) is 16.2. The SMILES string of the molecule is CCCCN(CCC(=O)OCC)c1cc(C)nc(Cl)c1C(=O)OCC. The first-order valence-corrected chi connectivity index (χ1v) is 9.07. The van der Waals surface area contributed by atoms with Crippen LogP contribution in [0.1, 0.15) is 56.1 Å². The number of hydrogen-bond acceptors (Lipinski definition) is 6. The lowest BCUT2D eigenvalue weighted by molar-refractivity contribution is -0.142. The Kier molecular flexibility index (Phi) is 9.27. The molecule has 0 fully saturated rings. The molecule has 0 saturated carbocycles. The van der Waals surface area contributed by atoms with E-state index in [2.05, 4.69) is 11.9 Å². The van der Waals surface area contributed by atoms with Crippen molar-refractivity contribution in [3.05, 3.63) is 22.5 Å². The van der Waals surface area contributed by atoms with E-state index in [1.54, 1.807) is 19.9 Å². The summed E-state index contributed by atoms with van der Waals surface area (Å²) < 4.78 is 10.1. The van der Waals surface area contributed by atoms with Gasteiger partial charge in [0.25, 0.3) is 0 Å². The van der Waals surface area contributed by atoms with Crippen molar-refractivity contribution in [3.63, 3.8) is 0 Å². The van der Waals surface area contributed by atoms with Crippen LogP contribution in [0.25, 0.3) is 0 Å². The lowest BCUT2D eigenvalue weighted by Gasteiger charge is -2.27. The fourth-order valence-corrected chi connectivity index (χ4v) is 2.73. The van der Waals surface area contributed by atoms with Gasteiger partial charge in [0.1, 0.15) is 10.7 Å². The Morgan fingerprint density at radius 2 is 1.84 bits per heavy atom. The summed E-state index contributed by atoms with van der Waals surface area (Å²) in [6.07, 6.45) is 2.14. The number of unbranched alkanes of at least 4 members (excludes halogenated alkanes) is 1. The van der Waals surface area contributed by atoms with E-state index >= 15 is 0 Å². The molecule has 0 saturated heterocycles. The van der Waals surface area contributed by atoms with Crippen LogP contribution in [0, 0.1) is 6.92 Å². The monoisotopic (exact) mass is 370 g/mol. The van der Waals surface area contributed by atoms with Crippen molar-refractivity contribution in [2.24, 2.45) is 0 Å². The Hall–Kier alpha value is -1.82. The number of anilines is 1. The molecule has 0 aromatic carbocycles. The molecule has 25 heavy (non-hydrogen) atoms. The number of nitrogens with zero attached hydrogens (tertiary/aromatic N) is 2. The van der Waals surface area contributed by atoms with Gasteiger partial charge in [0.2, 0.25) is 0 Å². The van der Waals surface area contributed by atoms with Gasteiger partial charge >= 0.3 is 11.9 Å². The lowest BCUT2D eigenvalue weighted by atomic mass is 10.1. The Balaban J connectivity index is 3.17. The summed E-state index contributed by atoms with van der Waals surface area (Å²) in [6.45, 7) is 9.14. The summed E-state index contributed by atoms with van der Waals surface area (Å²) in [4.78, 5) is 30.2. The lowest BCUT2D eigenvalue weighted by Crippen LogP contribution is -2.30. The summed E-state index contributed by atoms with van der Waals surface area (Å²) in [6, 6.07) is 1.80. The first kappa shape index (κ1) is 21.2. The van der Waals surface area contributed by atoms with Crippen LogP contribution in [-0.2, 0) is 14.3 Å². The minimum atomic E-state index is -0.507. The van der Waals surface area contributed by atoms with Gasteiger partial charge in [-0.15, -0.1) is 0 Å². The first-order chi connectivity index (χ1) is 11.9. The summed E-state index contributed by atoms with van der Waals surface area (Å²) >= 11 is 6.23. The maximum Gasteiger partial charge on any atom is 0.343 e. The van der Waals surface area contributed by atoms with E-state index < -0.39 is 5.97 Å². The molecular formula is C18H27ClN2O4. The van der Waals surface area contributed by atoms with Gasteiger partial charge in [0.05, 0.1) is 25.3 Å². The van der Waals surface area contributed by atoms with Crippen LogP contribution < -0.4 is 4.90 Å². The number of aromatic nitrogens is 1. The minimum absolute atomic E-state index is 0.117. The summed E-state index contributed by atoms with van der Waals surface area (Å²) in [7, 11) is 0. The number of esters is 2. The van der Waals surface area contributed by atoms with Crippen molar-refractivity contribution < 1.29 is 19.1 Å². The molecule has 1 rings (SSSR count). The summed E-state index contributed by atoms with van der Waals surface area (Å²) in [5.74, 6) is -0.772. The molecular weight excluding hydrogens is 344 g/mol. The third-order valence-corrected chi connectivity index (χ3v) is 3.85. The number of ether oxygens (including phenoxy) is 2.